The van der Waals surface area contributed by atoms with Gasteiger partial charge in [-0.25, -0.2) is 8.42 Å². The van der Waals surface area contributed by atoms with Crippen LogP contribution in [0.1, 0.15) is 5.56 Å². The van der Waals surface area contributed by atoms with E-state index in [-0.39, 0.29) is 4.90 Å². The van der Waals surface area contributed by atoms with Crippen molar-refractivity contribution >= 4 is 55.0 Å². The van der Waals surface area contributed by atoms with Crippen LogP contribution in [0.2, 0.25) is 5.02 Å². The van der Waals surface area contributed by atoms with Gasteiger partial charge in [-0.15, -0.1) is 0 Å². The molecule has 0 atom stereocenters. The van der Waals surface area contributed by atoms with Crippen LogP contribution >= 0.6 is 22.9 Å². The van der Waals surface area contributed by atoms with E-state index >= 15 is 0 Å². The lowest BCUT2D eigenvalue weighted by molar-refractivity contribution is -0.113. The molecule has 0 saturated heterocycles. The van der Waals surface area contributed by atoms with E-state index in [2.05, 4.69) is 4.99 Å². The molecule has 152 valence electrons. The second-order valence-electron chi connectivity index (χ2n) is 6.24. The summed E-state index contributed by atoms with van der Waals surface area (Å²) in [5.74, 6) is -0.439. The van der Waals surface area contributed by atoms with Crippen LogP contribution in [0.15, 0.2) is 58.4 Å². The lowest BCUT2D eigenvalue weighted by Gasteiger charge is -2.04. The van der Waals surface area contributed by atoms with Crippen LogP contribution in [0.4, 0.5) is 0 Å². The topological polar surface area (TPSA) is 77.7 Å². The minimum absolute atomic E-state index is 0.224. The maximum absolute atomic E-state index is 12.4. The molecule has 0 fully saturated rings. The maximum Gasteiger partial charge on any atom is 0.272 e. The SMILES string of the molecule is COCCn1c(=NC(=O)C=Cc2ccccc2Cl)sc2cc(S(C)(=O)=O)ccc21. The van der Waals surface area contributed by atoms with Gasteiger partial charge in [0.25, 0.3) is 5.91 Å². The molecule has 0 spiro atoms. The van der Waals surface area contributed by atoms with Gasteiger partial charge in [0.2, 0.25) is 0 Å². The van der Waals surface area contributed by atoms with Crippen LogP contribution in [0.5, 0.6) is 0 Å². The highest BCUT2D eigenvalue weighted by Gasteiger charge is 2.12. The number of carbonyl (C=O) groups is 1. The Kier molecular flexibility index (Phi) is 6.69. The molecule has 0 aliphatic rings. The van der Waals surface area contributed by atoms with Gasteiger partial charge in [0.15, 0.2) is 14.6 Å². The molecule has 0 saturated carbocycles. The van der Waals surface area contributed by atoms with Crippen molar-refractivity contribution in [1.82, 2.24) is 4.57 Å². The van der Waals surface area contributed by atoms with Gasteiger partial charge >= 0.3 is 0 Å². The average molecular weight is 451 g/mol. The summed E-state index contributed by atoms with van der Waals surface area (Å²) in [5, 5.41) is 0.543. The van der Waals surface area contributed by atoms with Crippen LogP contribution in [-0.2, 0) is 25.9 Å². The summed E-state index contributed by atoms with van der Waals surface area (Å²) in [7, 11) is -1.74. The number of hydrogen-bond donors (Lipinski definition) is 0. The molecule has 0 N–H and O–H groups in total. The van der Waals surface area contributed by atoms with Crippen LogP contribution in [0.25, 0.3) is 16.3 Å². The fourth-order valence-corrected chi connectivity index (χ4v) is 4.69. The summed E-state index contributed by atoms with van der Waals surface area (Å²) in [6, 6.07) is 12.1. The van der Waals surface area contributed by atoms with Crippen molar-refractivity contribution < 1.29 is 17.9 Å². The van der Waals surface area contributed by atoms with Gasteiger partial charge in [0.1, 0.15) is 0 Å². The molecule has 1 aromatic heterocycles. The second kappa shape index (κ2) is 9.04. The second-order valence-corrected chi connectivity index (χ2v) is 9.67. The Morgan fingerprint density at radius 2 is 2.03 bits per heavy atom. The van der Waals surface area contributed by atoms with Crippen LogP contribution in [-0.4, -0.2) is 38.9 Å². The van der Waals surface area contributed by atoms with Gasteiger partial charge in [0.05, 0.1) is 21.7 Å². The zero-order valence-corrected chi connectivity index (χ0v) is 18.2. The molecule has 0 aliphatic carbocycles. The summed E-state index contributed by atoms with van der Waals surface area (Å²) >= 11 is 7.35. The molecule has 1 heterocycles. The van der Waals surface area contributed by atoms with Crippen molar-refractivity contribution in [3.05, 3.63) is 63.9 Å². The van der Waals surface area contributed by atoms with Crippen molar-refractivity contribution in [2.24, 2.45) is 4.99 Å². The first kappa shape index (κ1) is 21.4. The zero-order chi connectivity index (χ0) is 21.0. The van der Waals surface area contributed by atoms with E-state index in [0.717, 1.165) is 22.0 Å². The number of aromatic nitrogens is 1. The van der Waals surface area contributed by atoms with Crippen LogP contribution in [0.3, 0.4) is 0 Å². The lowest BCUT2D eigenvalue weighted by atomic mass is 10.2. The van der Waals surface area contributed by atoms with Crippen molar-refractivity contribution in [3.8, 4) is 0 Å². The number of thiazole rings is 1. The van der Waals surface area contributed by atoms with E-state index < -0.39 is 15.7 Å². The number of ether oxygens (including phenoxy) is 1. The minimum Gasteiger partial charge on any atom is -0.383 e. The lowest BCUT2D eigenvalue weighted by Crippen LogP contribution is -2.18. The van der Waals surface area contributed by atoms with E-state index in [9.17, 15) is 13.2 Å². The first-order chi connectivity index (χ1) is 13.8. The van der Waals surface area contributed by atoms with Gasteiger partial charge in [-0.3, -0.25) is 4.79 Å². The first-order valence-corrected chi connectivity index (χ1v) is 11.7. The Balaban J connectivity index is 2.04. The van der Waals surface area contributed by atoms with Gasteiger partial charge in [-0.1, -0.05) is 41.1 Å². The molecular formula is C20H19ClN2O4S2. The number of rotatable bonds is 6. The normalized spacial score (nSPS) is 12.9. The largest absolute Gasteiger partial charge is 0.383 e. The van der Waals surface area contributed by atoms with Gasteiger partial charge < -0.3 is 9.30 Å². The van der Waals surface area contributed by atoms with Crippen molar-refractivity contribution in [2.45, 2.75) is 11.4 Å². The quantitative estimate of drug-likeness (QED) is 0.538. The smallest absolute Gasteiger partial charge is 0.272 e. The third-order valence-electron chi connectivity index (χ3n) is 4.12. The Morgan fingerprint density at radius 1 is 1.28 bits per heavy atom. The highest BCUT2D eigenvalue weighted by molar-refractivity contribution is 7.90. The molecule has 0 aliphatic heterocycles. The summed E-state index contributed by atoms with van der Waals surface area (Å²) in [6.45, 7) is 0.908. The highest BCUT2D eigenvalue weighted by atomic mass is 35.5. The third-order valence-corrected chi connectivity index (χ3v) is 6.61. The van der Waals surface area contributed by atoms with E-state index in [4.69, 9.17) is 16.3 Å². The molecule has 0 radical (unpaired) electrons. The Labute approximate surface area is 177 Å². The maximum atomic E-state index is 12.4. The van der Waals surface area contributed by atoms with Crippen LogP contribution in [0, 0.1) is 0 Å². The van der Waals surface area contributed by atoms with Crippen molar-refractivity contribution in [2.75, 3.05) is 20.0 Å². The number of methoxy groups -OCH3 is 1. The summed E-state index contributed by atoms with van der Waals surface area (Å²) in [5.41, 5.74) is 1.51. The third kappa shape index (κ3) is 5.22. The Bertz CT molecular complexity index is 1260. The molecule has 0 bridgehead atoms. The van der Waals surface area contributed by atoms with E-state index in [0.29, 0.717) is 23.0 Å². The Morgan fingerprint density at radius 3 is 2.72 bits per heavy atom. The van der Waals surface area contributed by atoms with E-state index in [1.165, 1.54) is 17.4 Å². The summed E-state index contributed by atoms with van der Waals surface area (Å²) < 4.78 is 31.4. The number of carbonyl (C=O) groups excluding carboxylic acids is 1. The average Bonchev–Trinajstić information content (AvgIpc) is 3.01. The van der Waals surface area contributed by atoms with Gasteiger partial charge in [-0.2, -0.15) is 4.99 Å². The fourth-order valence-electron chi connectivity index (χ4n) is 2.67. The molecule has 3 rings (SSSR count). The first-order valence-electron chi connectivity index (χ1n) is 8.63. The van der Waals surface area contributed by atoms with Crippen LogP contribution < -0.4 is 4.80 Å². The highest BCUT2D eigenvalue weighted by Crippen LogP contribution is 2.22. The van der Waals surface area contributed by atoms with Gasteiger partial charge in [-0.05, 0) is 35.9 Å². The predicted molar refractivity (Wildman–Crippen MR) is 116 cm³/mol. The molecule has 6 nitrogen and oxygen atoms in total. The Hall–Kier alpha value is -2.26. The number of sulfone groups is 1. The number of hydrogen-bond acceptors (Lipinski definition) is 5. The molecule has 2 aromatic carbocycles. The summed E-state index contributed by atoms with van der Waals surface area (Å²) in [4.78, 5) is 17.3. The number of amides is 1. The molecule has 3 aromatic rings. The number of nitrogens with zero attached hydrogens (tertiary/aromatic N) is 2. The number of fused-ring (bicyclic) bond motifs is 1. The van der Waals surface area contributed by atoms with Gasteiger partial charge in [0, 0.05) is 31.0 Å². The molecular weight excluding hydrogens is 432 g/mol. The van der Waals surface area contributed by atoms with E-state index in [1.807, 2.05) is 16.7 Å². The van der Waals surface area contributed by atoms with Crippen molar-refractivity contribution in [1.29, 1.82) is 0 Å². The summed E-state index contributed by atoms with van der Waals surface area (Å²) in [6.07, 6.45) is 4.13. The number of halogens is 1. The fraction of sp³-hybridized carbons (Fsp3) is 0.200. The number of benzene rings is 2. The monoisotopic (exact) mass is 450 g/mol. The standard InChI is InChI=1S/C20H19ClN2O4S2/c1-27-12-11-23-17-9-8-15(29(2,25)26)13-18(17)28-20(23)22-19(24)10-7-14-5-3-4-6-16(14)21/h3-10,13H,11-12H2,1-2H3. The molecule has 9 heteroatoms. The minimum atomic E-state index is -3.33. The zero-order valence-electron chi connectivity index (χ0n) is 15.8. The molecule has 0 unspecified atom stereocenters. The van der Waals surface area contributed by atoms with E-state index in [1.54, 1.807) is 43.5 Å². The molecule has 29 heavy (non-hydrogen) atoms. The van der Waals surface area contributed by atoms with Crippen molar-refractivity contribution in [3.63, 3.8) is 0 Å². The molecule has 1 amide bonds. The predicted octanol–water partition coefficient (Wildman–Crippen LogP) is 3.55.